The zero-order valence-corrected chi connectivity index (χ0v) is 29.1. The predicted molar refractivity (Wildman–Crippen MR) is 174 cm³/mol. The van der Waals surface area contributed by atoms with Crippen LogP contribution in [0.4, 0.5) is 14.4 Å². The molecule has 0 radical (unpaired) electrons. The summed E-state index contributed by atoms with van der Waals surface area (Å²) >= 11 is 0. The second-order valence-electron chi connectivity index (χ2n) is 11.8. The SMILES string of the molecule is CCC(COC(=O)OOC(=O)c1ccc(C)cc1C)(COC(=O)OOC(=O)c1ccc(C)cc1C)COC(=O)OOC(=O)c1ccc(C)cc1C. The van der Waals surface area contributed by atoms with Gasteiger partial charge in [0.15, 0.2) is 0 Å². The Kier molecular flexibility index (Phi) is 13.9. The first-order valence-electron chi connectivity index (χ1n) is 15.5. The maximum absolute atomic E-state index is 12.4. The molecular weight excluding hydrogens is 672 g/mol. The Balaban J connectivity index is 1.62. The van der Waals surface area contributed by atoms with Crippen molar-refractivity contribution in [1.29, 1.82) is 0 Å². The van der Waals surface area contributed by atoms with Crippen LogP contribution in [0, 0.1) is 47.0 Å². The summed E-state index contributed by atoms with van der Waals surface area (Å²) in [7, 11) is 0. The Morgan fingerprint density at radius 3 is 0.961 bits per heavy atom. The fraction of sp³-hybridized carbons (Fsp3) is 0.333. The molecule has 51 heavy (non-hydrogen) atoms. The molecule has 0 saturated carbocycles. The number of hydrogen-bond acceptors (Lipinski definition) is 15. The van der Waals surface area contributed by atoms with E-state index in [1.807, 2.05) is 20.8 Å². The van der Waals surface area contributed by atoms with E-state index in [0.717, 1.165) is 16.7 Å². The summed E-state index contributed by atoms with van der Waals surface area (Å²) in [6.45, 7) is 10.1. The van der Waals surface area contributed by atoms with Gasteiger partial charge in [-0.2, -0.15) is 14.4 Å². The van der Waals surface area contributed by atoms with Crippen molar-refractivity contribution in [1.82, 2.24) is 0 Å². The number of carbonyl (C=O) groups is 6. The average Bonchev–Trinajstić information content (AvgIpc) is 3.08. The van der Waals surface area contributed by atoms with Crippen LogP contribution in [-0.2, 0) is 43.5 Å². The first-order chi connectivity index (χ1) is 24.1. The lowest BCUT2D eigenvalue weighted by atomic mass is 9.88. The van der Waals surface area contributed by atoms with Gasteiger partial charge in [0.1, 0.15) is 19.8 Å². The zero-order valence-electron chi connectivity index (χ0n) is 29.1. The summed E-state index contributed by atoms with van der Waals surface area (Å²) in [5, 5.41) is 0. The van der Waals surface area contributed by atoms with Crippen molar-refractivity contribution in [3.05, 3.63) is 105 Å². The van der Waals surface area contributed by atoms with Gasteiger partial charge in [0.25, 0.3) is 0 Å². The molecule has 0 N–H and O–H groups in total. The van der Waals surface area contributed by atoms with Crippen LogP contribution in [0.2, 0.25) is 0 Å². The van der Waals surface area contributed by atoms with Crippen molar-refractivity contribution in [2.45, 2.75) is 54.9 Å². The highest BCUT2D eigenvalue weighted by atomic mass is 17.2. The van der Waals surface area contributed by atoms with Crippen LogP contribution < -0.4 is 0 Å². The molecule has 3 aromatic rings. The van der Waals surface area contributed by atoms with Gasteiger partial charge in [0, 0.05) is 0 Å². The summed E-state index contributed by atoms with van der Waals surface area (Å²) in [6.07, 6.45) is -4.36. The van der Waals surface area contributed by atoms with Crippen LogP contribution in [-0.4, -0.2) is 56.2 Å². The summed E-state index contributed by atoms with van der Waals surface area (Å²) in [6, 6.07) is 14.7. The molecule has 0 bridgehead atoms. The fourth-order valence-corrected chi connectivity index (χ4v) is 4.62. The van der Waals surface area contributed by atoms with Gasteiger partial charge in [0.2, 0.25) is 0 Å². The summed E-state index contributed by atoms with van der Waals surface area (Å²) < 4.78 is 15.2. The number of rotatable bonds is 10. The highest BCUT2D eigenvalue weighted by molar-refractivity contribution is 5.92. The third-order valence-corrected chi connectivity index (χ3v) is 7.60. The average molecular weight is 711 g/mol. The Morgan fingerprint density at radius 1 is 0.451 bits per heavy atom. The second kappa shape index (κ2) is 18.0. The third kappa shape index (κ3) is 11.8. The number of aryl methyl sites for hydroxylation is 6. The van der Waals surface area contributed by atoms with Gasteiger partial charge in [-0.05, 0) is 82.9 Å². The molecule has 0 aliphatic rings. The van der Waals surface area contributed by atoms with E-state index < -0.39 is 61.6 Å². The quantitative estimate of drug-likeness (QED) is 0.0904. The van der Waals surface area contributed by atoms with Crippen LogP contribution in [0.15, 0.2) is 54.6 Å². The van der Waals surface area contributed by atoms with Crippen molar-refractivity contribution < 1.29 is 72.3 Å². The lowest BCUT2D eigenvalue weighted by Crippen LogP contribution is -2.39. The van der Waals surface area contributed by atoms with Gasteiger partial charge in [-0.1, -0.05) is 60.0 Å². The van der Waals surface area contributed by atoms with Gasteiger partial charge in [-0.3, -0.25) is 0 Å². The van der Waals surface area contributed by atoms with Gasteiger partial charge >= 0.3 is 36.4 Å². The summed E-state index contributed by atoms with van der Waals surface area (Å²) in [4.78, 5) is 102. The highest BCUT2D eigenvalue weighted by Crippen LogP contribution is 2.25. The van der Waals surface area contributed by atoms with Crippen molar-refractivity contribution in [3.63, 3.8) is 0 Å². The van der Waals surface area contributed by atoms with Gasteiger partial charge in [0.05, 0.1) is 22.1 Å². The van der Waals surface area contributed by atoms with Crippen LogP contribution in [0.25, 0.3) is 0 Å². The van der Waals surface area contributed by atoms with Gasteiger partial charge < -0.3 is 14.2 Å². The Bertz CT molecular complexity index is 1580. The van der Waals surface area contributed by atoms with Crippen molar-refractivity contribution in [3.8, 4) is 0 Å². The number of carbonyl (C=O) groups excluding carboxylic acids is 6. The Labute approximate surface area is 293 Å². The molecule has 0 unspecified atom stereocenters. The molecular formula is C36H38O15. The topological polar surface area (TPSA) is 185 Å². The lowest BCUT2D eigenvalue weighted by molar-refractivity contribution is -0.217. The molecule has 0 spiro atoms. The minimum atomic E-state index is -1.51. The van der Waals surface area contributed by atoms with Crippen molar-refractivity contribution in [2.24, 2.45) is 5.41 Å². The van der Waals surface area contributed by atoms with Crippen LogP contribution in [0.3, 0.4) is 0 Å². The van der Waals surface area contributed by atoms with E-state index in [2.05, 4.69) is 29.3 Å². The Hall–Kier alpha value is -6.12. The molecule has 3 rings (SSSR count). The molecule has 0 heterocycles. The molecule has 0 aliphatic carbocycles. The monoisotopic (exact) mass is 710 g/mol. The molecule has 0 amide bonds. The van der Waals surface area contributed by atoms with E-state index in [1.54, 1.807) is 64.1 Å². The van der Waals surface area contributed by atoms with Crippen molar-refractivity contribution >= 4 is 36.4 Å². The fourth-order valence-electron chi connectivity index (χ4n) is 4.62. The molecule has 0 aliphatic heterocycles. The number of hydrogen-bond donors (Lipinski definition) is 0. The van der Waals surface area contributed by atoms with Crippen molar-refractivity contribution in [2.75, 3.05) is 19.8 Å². The normalized spacial score (nSPS) is 10.6. The number of ether oxygens (including phenoxy) is 3. The summed E-state index contributed by atoms with van der Waals surface area (Å²) in [5.41, 5.74) is 3.36. The first kappa shape index (κ1) is 39.3. The molecule has 272 valence electrons. The van der Waals surface area contributed by atoms with Crippen LogP contribution in [0.1, 0.15) is 77.8 Å². The Morgan fingerprint density at radius 2 is 0.725 bits per heavy atom. The zero-order chi connectivity index (χ0) is 37.7. The largest absolute Gasteiger partial charge is 0.549 e. The van der Waals surface area contributed by atoms with E-state index in [9.17, 15) is 28.8 Å². The molecule has 15 nitrogen and oxygen atoms in total. The molecule has 0 saturated heterocycles. The third-order valence-electron chi connectivity index (χ3n) is 7.60. The molecule has 15 heteroatoms. The van der Waals surface area contributed by atoms with E-state index in [1.165, 1.54) is 18.2 Å². The maximum Gasteiger partial charge on any atom is 0.549 e. The highest BCUT2D eigenvalue weighted by Gasteiger charge is 2.36. The molecule has 3 aromatic carbocycles. The van der Waals surface area contributed by atoms with Gasteiger partial charge in [-0.25, -0.2) is 43.7 Å². The molecule has 0 aromatic heterocycles. The van der Waals surface area contributed by atoms with Crippen LogP contribution in [0.5, 0.6) is 0 Å². The minimum absolute atomic E-state index is 0.00782. The van der Waals surface area contributed by atoms with Gasteiger partial charge in [-0.15, -0.1) is 0 Å². The summed E-state index contributed by atoms with van der Waals surface area (Å²) in [5.74, 6) is -2.89. The van der Waals surface area contributed by atoms with E-state index in [0.29, 0.717) is 16.7 Å². The van der Waals surface area contributed by atoms with E-state index >= 15 is 0 Å². The smallest absolute Gasteiger partial charge is 0.431 e. The number of benzene rings is 3. The second-order valence-corrected chi connectivity index (χ2v) is 11.8. The van der Waals surface area contributed by atoms with E-state index in [-0.39, 0.29) is 23.1 Å². The maximum atomic E-state index is 12.4. The predicted octanol–water partition coefficient (Wildman–Crippen LogP) is 7.01. The minimum Gasteiger partial charge on any atom is -0.431 e. The molecule has 0 fully saturated rings. The molecule has 0 atom stereocenters. The van der Waals surface area contributed by atoms with E-state index in [4.69, 9.17) is 14.2 Å². The standard InChI is InChI=1S/C36H38O15/c1-8-36(18-43-33(40)49-46-30(37)27-12-9-21(2)15-24(27)5,19-44-34(41)50-47-31(38)28-13-10-22(3)16-25(28)6)20-45-35(42)51-48-32(39)29-14-11-23(4)17-26(29)7/h9-17H,8,18-20H2,1-7H3. The lowest BCUT2D eigenvalue weighted by Gasteiger charge is -2.29. The first-order valence-corrected chi connectivity index (χ1v) is 15.5. The van der Waals surface area contributed by atoms with Crippen LogP contribution >= 0.6 is 0 Å².